The molecule has 19 heavy (non-hydrogen) atoms. The first-order chi connectivity index (χ1) is 9.10. The second-order valence-electron chi connectivity index (χ2n) is 4.45. The largest absolute Gasteiger partial charge is 0.329 e. The summed E-state index contributed by atoms with van der Waals surface area (Å²) in [6.45, 7) is 1.39. The van der Waals surface area contributed by atoms with Crippen molar-refractivity contribution in [2.75, 3.05) is 13.6 Å². The van der Waals surface area contributed by atoms with Crippen LogP contribution in [0.2, 0.25) is 10.0 Å². The lowest BCUT2D eigenvalue weighted by Gasteiger charge is -2.27. The van der Waals surface area contributed by atoms with Crippen LogP contribution in [0.1, 0.15) is 16.5 Å². The number of hydrogen-bond acceptors (Lipinski definition) is 3. The predicted molar refractivity (Wildman–Crippen MR) is 84.0 cm³/mol. The van der Waals surface area contributed by atoms with E-state index in [1.807, 2.05) is 12.1 Å². The lowest BCUT2D eigenvalue weighted by Crippen LogP contribution is -2.29. The maximum absolute atomic E-state index is 6.06. The Morgan fingerprint density at radius 1 is 1.26 bits per heavy atom. The summed E-state index contributed by atoms with van der Waals surface area (Å²) in [5, 5.41) is 3.37. The molecule has 2 rings (SSSR count). The topological polar surface area (TPSA) is 29.3 Å². The average molecular weight is 315 g/mol. The molecule has 1 aromatic heterocycles. The van der Waals surface area contributed by atoms with Crippen molar-refractivity contribution in [3.05, 3.63) is 56.2 Å². The molecule has 0 aliphatic heterocycles. The number of nitrogens with two attached hydrogens (primary N) is 1. The number of hydrogen-bond donors (Lipinski definition) is 1. The van der Waals surface area contributed by atoms with Crippen LogP contribution < -0.4 is 5.73 Å². The predicted octanol–water partition coefficient (Wildman–Crippen LogP) is 4.19. The first kappa shape index (κ1) is 14.8. The van der Waals surface area contributed by atoms with Gasteiger partial charge in [0.05, 0.1) is 0 Å². The Morgan fingerprint density at radius 2 is 1.95 bits per heavy atom. The van der Waals surface area contributed by atoms with Crippen LogP contribution in [0.5, 0.6) is 0 Å². The van der Waals surface area contributed by atoms with Gasteiger partial charge in [-0.2, -0.15) is 0 Å². The molecule has 0 saturated carbocycles. The number of rotatable bonds is 5. The summed E-state index contributed by atoms with van der Waals surface area (Å²) < 4.78 is 0. The van der Waals surface area contributed by atoms with Gasteiger partial charge in [-0.1, -0.05) is 29.3 Å². The number of nitrogens with zero attached hydrogens (tertiary/aromatic N) is 1. The molecular formula is C14H16Cl2N2S. The zero-order valence-corrected chi connectivity index (χ0v) is 13.0. The van der Waals surface area contributed by atoms with Crippen LogP contribution >= 0.6 is 34.5 Å². The monoisotopic (exact) mass is 314 g/mol. The van der Waals surface area contributed by atoms with Crippen molar-refractivity contribution in [3.8, 4) is 0 Å². The van der Waals surface area contributed by atoms with Crippen molar-refractivity contribution < 1.29 is 0 Å². The van der Waals surface area contributed by atoms with Crippen LogP contribution in [0.4, 0.5) is 0 Å². The molecule has 1 unspecified atom stereocenters. The summed E-state index contributed by atoms with van der Waals surface area (Å²) in [6.07, 6.45) is 0. The number of thiophene rings is 1. The van der Waals surface area contributed by atoms with E-state index >= 15 is 0 Å². The Morgan fingerprint density at radius 3 is 2.47 bits per heavy atom. The average Bonchev–Trinajstić information content (AvgIpc) is 2.81. The summed E-state index contributed by atoms with van der Waals surface area (Å²) in [5.41, 5.74) is 6.97. The standard InChI is InChI=1S/C14H16Cl2N2S/c1-18(9-13-3-2-4-19-13)14(8-17)10-5-11(15)7-12(16)6-10/h2-7,14H,8-9,17H2,1H3. The molecule has 1 aromatic carbocycles. The van der Waals surface area contributed by atoms with E-state index in [0.29, 0.717) is 16.6 Å². The zero-order valence-electron chi connectivity index (χ0n) is 10.6. The fraction of sp³-hybridized carbons (Fsp3) is 0.286. The third-order valence-electron chi connectivity index (χ3n) is 3.01. The maximum atomic E-state index is 6.06. The fourth-order valence-corrected chi connectivity index (χ4v) is 3.41. The minimum absolute atomic E-state index is 0.110. The highest BCUT2D eigenvalue weighted by Crippen LogP contribution is 2.27. The van der Waals surface area contributed by atoms with Crippen molar-refractivity contribution in [2.45, 2.75) is 12.6 Å². The molecule has 0 fully saturated rings. The number of benzene rings is 1. The molecule has 2 N–H and O–H groups in total. The Kier molecular flexibility index (Phi) is 5.25. The van der Waals surface area contributed by atoms with Crippen molar-refractivity contribution in [1.82, 2.24) is 4.90 Å². The van der Waals surface area contributed by atoms with Gasteiger partial charge in [-0.25, -0.2) is 0 Å². The first-order valence-corrected chi connectivity index (χ1v) is 7.62. The van der Waals surface area contributed by atoms with Gasteiger partial charge in [-0.15, -0.1) is 11.3 Å². The third kappa shape index (κ3) is 3.94. The summed E-state index contributed by atoms with van der Waals surface area (Å²) >= 11 is 13.9. The van der Waals surface area contributed by atoms with Gasteiger partial charge in [0.1, 0.15) is 0 Å². The van der Waals surface area contributed by atoms with Crippen molar-refractivity contribution in [2.24, 2.45) is 5.73 Å². The molecule has 5 heteroatoms. The van der Waals surface area contributed by atoms with Crippen LogP contribution in [0.25, 0.3) is 0 Å². The Hall–Kier alpha value is -0.580. The smallest absolute Gasteiger partial charge is 0.0472 e. The Balaban J connectivity index is 2.18. The van der Waals surface area contributed by atoms with E-state index in [-0.39, 0.29) is 6.04 Å². The van der Waals surface area contributed by atoms with E-state index < -0.39 is 0 Å². The van der Waals surface area contributed by atoms with Gasteiger partial charge in [-0.3, -0.25) is 4.90 Å². The summed E-state index contributed by atoms with van der Waals surface area (Å²) in [4.78, 5) is 3.53. The summed E-state index contributed by atoms with van der Waals surface area (Å²) in [7, 11) is 2.06. The Labute approximate surface area is 127 Å². The van der Waals surface area contributed by atoms with E-state index in [9.17, 15) is 0 Å². The maximum Gasteiger partial charge on any atom is 0.0472 e. The molecule has 0 spiro atoms. The van der Waals surface area contributed by atoms with E-state index in [1.54, 1.807) is 17.4 Å². The fourth-order valence-electron chi connectivity index (χ4n) is 2.10. The normalized spacial score (nSPS) is 12.9. The van der Waals surface area contributed by atoms with Gasteiger partial charge in [0.15, 0.2) is 0 Å². The summed E-state index contributed by atoms with van der Waals surface area (Å²) in [5.74, 6) is 0. The van der Waals surface area contributed by atoms with Crippen molar-refractivity contribution >= 4 is 34.5 Å². The number of likely N-dealkylation sites (N-methyl/N-ethyl adjacent to an activating group) is 1. The van der Waals surface area contributed by atoms with Gasteiger partial charge >= 0.3 is 0 Å². The molecule has 1 atom stereocenters. The van der Waals surface area contributed by atoms with Crippen LogP contribution in [-0.2, 0) is 6.54 Å². The van der Waals surface area contributed by atoms with Gasteiger partial charge < -0.3 is 5.73 Å². The minimum atomic E-state index is 0.110. The third-order valence-corrected chi connectivity index (χ3v) is 4.31. The van der Waals surface area contributed by atoms with Gasteiger partial charge in [0, 0.05) is 34.1 Å². The highest BCUT2D eigenvalue weighted by atomic mass is 35.5. The molecule has 0 saturated heterocycles. The molecule has 0 bridgehead atoms. The van der Waals surface area contributed by atoms with E-state index in [4.69, 9.17) is 28.9 Å². The van der Waals surface area contributed by atoms with Gasteiger partial charge in [-0.05, 0) is 42.3 Å². The minimum Gasteiger partial charge on any atom is -0.329 e. The van der Waals surface area contributed by atoms with Crippen LogP contribution in [0.15, 0.2) is 35.7 Å². The molecule has 0 amide bonds. The van der Waals surface area contributed by atoms with Crippen molar-refractivity contribution in [3.63, 3.8) is 0 Å². The molecule has 0 radical (unpaired) electrons. The van der Waals surface area contributed by atoms with E-state index in [2.05, 4.69) is 29.5 Å². The quantitative estimate of drug-likeness (QED) is 0.896. The zero-order chi connectivity index (χ0) is 13.8. The lowest BCUT2D eigenvalue weighted by atomic mass is 10.1. The molecule has 0 aliphatic rings. The van der Waals surface area contributed by atoms with E-state index in [0.717, 1.165) is 12.1 Å². The molecular weight excluding hydrogens is 299 g/mol. The highest BCUT2D eigenvalue weighted by molar-refractivity contribution is 7.09. The summed E-state index contributed by atoms with van der Waals surface area (Å²) in [6, 6.07) is 9.88. The number of halogens is 2. The molecule has 2 aromatic rings. The Bertz CT molecular complexity index is 508. The molecule has 102 valence electrons. The van der Waals surface area contributed by atoms with Gasteiger partial charge in [0.25, 0.3) is 0 Å². The van der Waals surface area contributed by atoms with Crippen molar-refractivity contribution in [1.29, 1.82) is 0 Å². The second kappa shape index (κ2) is 6.73. The van der Waals surface area contributed by atoms with E-state index in [1.165, 1.54) is 4.88 Å². The first-order valence-electron chi connectivity index (χ1n) is 5.99. The molecule has 2 nitrogen and oxygen atoms in total. The highest BCUT2D eigenvalue weighted by Gasteiger charge is 2.17. The second-order valence-corrected chi connectivity index (χ2v) is 6.35. The van der Waals surface area contributed by atoms with Crippen LogP contribution in [0, 0.1) is 0 Å². The molecule has 0 aliphatic carbocycles. The SMILES string of the molecule is CN(Cc1cccs1)C(CN)c1cc(Cl)cc(Cl)c1. The van der Waals surface area contributed by atoms with Gasteiger partial charge in [0.2, 0.25) is 0 Å². The van der Waals surface area contributed by atoms with Crippen LogP contribution in [0.3, 0.4) is 0 Å². The molecule has 1 heterocycles. The lowest BCUT2D eigenvalue weighted by molar-refractivity contribution is 0.244. The van der Waals surface area contributed by atoms with Crippen LogP contribution in [-0.4, -0.2) is 18.5 Å².